The molecule has 0 spiro atoms. The number of carbonyl (C=O) groups is 1. The molecule has 0 saturated heterocycles. The maximum atomic E-state index is 11.9. The molecule has 2 aromatic heterocycles. The fourth-order valence-electron chi connectivity index (χ4n) is 3.98. The van der Waals surface area contributed by atoms with Gasteiger partial charge in [-0.3, -0.25) is 0 Å². The Kier molecular flexibility index (Phi) is 8.24. The van der Waals surface area contributed by atoms with Crippen LogP contribution in [0.3, 0.4) is 0 Å². The molecule has 4 aromatic rings. The molecule has 2 aromatic carbocycles. The van der Waals surface area contributed by atoms with Gasteiger partial charge in [0.05, 0.1) is 13.2 Å². The molecule has 2 heterocycles. The highest BCUT2D eigenvalue weighted by atomic mass is 16.6. The first-order valence-electron chi connectivity index (χ1n) is 12.6. The van der Waals surface area contributed by atoms with Gasteiger partial charge in [0.25, 0.3) is 0 Å². The zero-order valence-electron chi connectivity index (χ0n) is 22.1. The molecule has 0 radical (unpaired) electrons. The van der Waals surface area contributed by atoms with Crippen LogP contribution in [0.1, 0.15) is 40.2 Å². The Morgan fingerprint density at radius 1 is 0.973 bits per heavy atom. The third-order valence-corrected chi connectivity index (χ3v) is 5.69. The van der Waals surface area contributed by atoms with Crippen LogP contribution < -0.4 is 4.74 Å². The van der Waals surface area contributed by atoms with Gasteiger partial charge in [0.15, 0.2) is 0 Å². The molecule has 0 unspecified atom stereocenters. The number of hydrogen-bond acceptors (Lipinski definition) is 7. The lowest BCUT2D eigenvalue weighted by Gasteiger charge is -2.19. The first kappa shape index (κ1) is 26.4. The van der Waals surface area contributed by atoms with Gasteiger partial charge >= 0.3 is 5.97 Å². The highest BCUT2D eigenvalue weighted by Crippen LogP contribution is 2.43. The van der Waals surface area contributed by atoms with Crippen LogP contribution in [0.4, 0.5) is 0 Å². The summed E-state index contributed by atoms with van der Waals surface area (Å²) in [6.45, 7) is 10.2. The number of aryl methyl sites for hydroxylation is 1. The molecule has 37 heavy (non-hydrogen) atoms. The predicted molar refractivity (Wildman–Crippen MR) is 143 cm³/mol. The van der Waals surface area contributed by atoms with Gasteiger partial charge in [-0.05, 0) is 38.3 Å². The van der Waals surface area contributed by atoms with E-state index in [2.05, 4.69) is 41.2 Å². The Hall–Kier alpha value is -3.71. The van der Waals surface area contributed by atoms with E-state index in [9.17, 15) is 4.79 Å². The summed E-state index contributed by atoms with van der Waals surface area (Å²) in [5.41, 5.74) is 4.03. The third-order valence-electron chi connectivity index (χ3n) is 5.69. The molecule has 7 nitrogen and oxygen atoms in total. The normalized spacial score (nSPS) is 12.5. The summed E-state index contributed by atoms with van der Waals surface area (Å²) in [6, 6.07) is 18.4. The van der Waals surface area contributed by atoms with Gasteiger partial charge in [-0.2, -0.15) is 0 Å². The van der Waals surface area contributed by atoms with Crippen molar-refractivity contribution in [2.45, 2.75) is 46.6 Å². The van der Waals surface area contributed by atoms with E-state index in [1.807, 2.05) is 58.0 Å². The topological polar surface area (TPSA) is 83.7 Å². The minimum atomic E-state index is -0.536. The van der Waals surface area contributed by atoms with Crippen LogP contribution >= 0.6 is 0 Å². The summed E-state index contributed by atoms with van der Waals surface area (Å²) in [5, 5.41) is 0.729. The van der Waals surface area contributed by atoms with Crippen LogP contribution in [0.25, 0.3) is 33.6 Å². The van der Waals surface area contributed by atoms with E-state index in [0.29, 0.717) is 24.8 Å². The van der Waals surface area contributed by atoms with Gasteiger partial charge in [0.2, 0.25) is 11.6 Å². The zero-order valence-corrected chi connectivity index (χ0v) is 22.1. The Morgan fingerprint density at radius 3 is 2.38 bits per heavy atom. The van der Waals surface area contributed by atoms with Crippen LogP contribution in [-0.2, 0) is 20.7 Å². The maximum Gasteiger partial charge on any atom is 0.332 e. The number of fused-ring (bicyclic) bond motifs is 1. The molecular formula is C30H34N2O5. The highest BCUT2D eigenvalue weighted by molar-refractivity contribution is 6.03. The summed E-state index contributed by atoms with van der Waals surface area (Å²) >= 11 is 0. The van der Waals surface area contributed by atoms with Gasteiger partial charge in [-0.1, -0.05) is 68.4 Å². The summed E-state index contributed by atoms with van der Waals surface area (Å²) < 4.78 is 23.3. The molecule has 7 heteroatoms. The predicted octanol–water partition coefficient (Wildman–Crippen LogP) is 6.49. The Labute approximate surface area is 217 Å². The number of furan rings is 1. The number of benzene rings is 2. The second-order valence-corrected chi connectivity index (χ2v) is 10.1. The molecule has 0 fully saturated rings. The minimum absolute atomic E-state index is 0.0141. The van der Waals surface area contributed by atoms with Crippen LogP contribution in [0.5, 0.6) is 5.88 Å². The molecule has 0 aliphatic heterocycles. The van der Waals surface area contributed by atoms with E-state index in [1.54, 1.807) is 0 Å². The van der Waals surface area contributed by atoms with Crippen molar-refractivity contribution < 1.29 is 23.4 Å². The van der Waals surface area contributed by atoms with Gasteiger partial charge in [-0.15, -0.1) is 0 Å². The monoisotopic (exact) mass is 502 g/mol. The molecular weight excluding hydrogens is 468 g/mol. The van der Waals surface area contributed by atoms with Crippen molar-refractivity contribution in [2.24, 2.45) is 5.92 Å². The van der Waals surface area contributed by atoms with Crippen LogP contribution in [0, 0.1) is 5.92 Å². The average Bonchev–Trinajstić information content (AvgIpc) is 3.27. The largest absolute Gasteiger partial charge is 0.477 e. The second-order valence-electron chi connectivity index (χ2n) is 10.1. The summed E-state index contributed by atoms with van der Waals surface area (Å²) in [7, 11) is 0. The van der Waals surface area contributed by atoms with Crippen molar-refractivity contribution in [3.63, 3.8) is 0 Å². The first-order valence-corrected chi connectivity index (χ1v) is 12.6. The fraction of sp³-hybridized carbons (Fsp3) is 0.367. The smallest absolute Gasteiger partial charge is 0.332 e. The Morgan fingerprint density at radius 2 is 1.70 bits per heavy atom. The molecule has 0 bridgehead atoms. The summed E-state index contributed by atoms with van der Waals surface area (Å²) in [4.78, 5) is 20.7. The standard InChI is InChI=1S/C30H34N2O5/c1-6-21-12-14-22(15-13-21)25-26-28(35-17-20(2)16-34-18-24(33)37-30(3,4)5)31-19-32-29(26)36-27(25)23-10-8-7-9-11-23/h7-15,19-20H,6,16-18H2,1-5H3/t20-/m0/s1. The number of hydrogen-bond donors (Lipinski definition) is 0. The van der Waals surface area contributed by atoms with E-state index < -0.39 is 5.60 Å². The van der Waals surface area contributed by atoms with E-state index in [-0.39, 0.29) is 18.5 Å². The highest BCUT2D eigenvalue weighted by Gasteiger charge is 2.23. The number of carbonyl (C=O) groups excluding carboxylic acids is 1. The van der Waals surface area contributed by atoms with Gasteiger partial charge in [-0.25, -0.2) is 14.8 Å². The van der Waals surface area contributed by atoms with Crippen molar-refractivity contribution in [2.75, 3.05) is 19.8 Å². The SMILES string of the molecule is CCc1ccc(-c2c(-c3ccccc3)oc3ncnc(OC[C@@H](C)COCC(=O)OC(C)(C)C)c23)cc1. The number of nitrogens with zero attached hydrogens (tertiary/aromatic N) is 2. The number of aromatic nitrogens is 2. The molecule has 1 atom stereocenters. The van der Waals surface area contributed by atoms with Crippen molar-refractivity contribution >= 4 is 17.1 Å². The van der Waals surface area contributed by atoms with Crippen molar-refractivity contribution in [1.82, 2.24) is 9.97 Å². The lowest BCUT2D eigenvalue weighted by molar-refractivity contribution is -0.160. The maximum absolute atomic E-state index is 11.9. The van der Waals surface area contributed by atoms with Gasteiger partial charge in [0.1, 0.15) is 29.7 Å². The van der Waals surface area contributed by atoms with E-state index in [0.717, 1.165) is 34.3 Å². The van der Waals surface area contributed by atoms with Crippen LogP contribution in [0.15, 0.2) is 65.3 Å². The average molecular weight is 503 g/mol. The molecule has 0 aliphatic rings. The summed E-state index contributed by atoms with van der Waals surface area (Å²) in [5.74, 6) is 0.798. The lowest BCUT2D eigenvalue weighted by Crippen LogP contribution is -2.27. The Balaban J connectivity index is 1.57. The molecule has 194 valence electrons. The van der Waals surface area contributed by atoms with Crippen LogP contribution in [0.2, 0.25) is 0 Å². The molecule has 0 saturated carbocycles. The Bertz CT molecular complexity index is 1320. The molecule has 0 amide bonds. The second kappa shape index (κ2) is 11.6. The minimum Gasteiger partial charge on any atom is -0.477 e. The van der Waals surface area contributed by atoms with Crippen LogP contribution in [-0.4, -0.2) is 41.4 Å². The van der Waals surface area contributed by atoms with Gasteiger partial charge in [0, 0.05) is 17.0 Å². The van der Waals surface area contributed by atoms with E-state index in [1.165, 1.54) is 11.9 Å². The fourth-order valence-corrected chi connectivity index (χ4v) is 3.98. The number of rotatable bonds is 10. The van der Waals surface area contributed by atoms with Crippen molar-refractivity contribution in [3.8, 4) is 28.3 Å². The van der Waals surface area contributed by atoms with E-state index in [4.69, 9.17) is 18.6 Å². The molecule has 4 rings (SSSR count). The number of esters is 1. The van der Waals surface area contributed by atoms with Crippen molar-refractivity contribution in [3.05, 3.63) is 66.5 Å². The quantitative estimate of drug-likeness (QED) is 0.229. The number of ether oxygens (including phenoxy) is 3. The lowest BCUT2D eigenvalue weighted by atomic mass is 9.98. The molecule has 0 N–H and O–H groups in total. The van der Waals surface area contributed by atoms with Crippen molar-refractivity contribution in [1.29, 1.82) is 0 Å². The van der Waals surface area contributed by atoms with E-state index >= 15 is 0 Å². The molecule has 0 aliphatic carbocycles. The summed E-state index contributed by atoms with van der Waals surface area (Å²) in [6.07, 6.45) is 2.41. The third kappa shape index (κ3) is 6.74. The van der Waals surface area contributed by atoms with Gasteiger partial charge < -0.3 is 18.6 Å². The zero-order chi connectivity index (χ0) is 26.4. The first-order chi connectivity index (χ1) is 17.7.